The van der Waals surface area contributed by atoms with Crippen molar-refractivity contribution in [3.8, 4) is 0 Å². The highest BCUT2D eigenvalue weighted by molar-refractivity contribution is 7.89. The first-order chi connectivity index (χ1) is 13.8. The minimum atomic E-state index is -3.88. The predicted octanol–water partition coefficient (Wildman–Crippen LogP) is 2.57. The Morgan fingerprint density at radius 3 is 2.17 bits per heavy atom. The van der Waals surface area contributed by atoms with Crippen molar-refractivity contribution in [1.82, 2.24) is 9.21 Å². The summed E-state index contributed by atoms with van der Waals surface area (Å²) in [6.45, 7) is 5.41. The molecule has 0 radical (unpaired) electrons. The van der Waals surface area contributed by atoms with Gasteiger partial charge in [-0.25, -0.2) is 12.8 Å². The van der Waals surface area contributed by atoms with Crippen molar-refractivity contribution in [2.75, 3.05) is 37.6 Å². The molecule has 156 valence electrons. The van der Waals surface area contributed by atoms with Gasteiger partial charge < -0.3 is 4.90 Å². The van der Waals surface area contributed by atoms with Crippen molar-refractivity contribution in [3.05, 3.63) is 60.4 Å². The van der Waals surface area contributed by atoms with Crippen LogP contribution in [-0.4, -0.2) is 62.3 Å². The van der Waals surface area contributed by atoms with Gasteiger partial charge in [-0.1, -0.05) is 30.3 Å². The summed E-state index contributed by atoms with van der Waals surface area (Å²) in [5, 5.41) is 0. The molecule has 1 aliphatic heterocycles. The number of nitrogens with zero attached hydrogens (tertiary/aromatic N) is 3. The Bertz CT molecular complexity index is 943. The number of hydrogen-bond acceptors (Lipinski definition) is 4. The summed E-state index contributed by atoms with van der Waals surface area (Å²) in [7, 11) is -3.88. The van der Waals surface area contributed by atoms with Crippen molar-refractivity contribution < 1.29 is 17.6 Å². The van der Waals surface area contributed by atoms with Gasteiger partial charge in [-0.3, -0.25) is 9.69 Å². The van der Waals surface area contributed by atoms with Crippen LogP contribution in [0.3, 0.4) is 0 Å². The maximum absolute atomic E-state index is 13.9. The molecule has 29 heavy (non-hydrogen) atoms. The predicted molar refractivity (Wildman–Crippen MR) is 111 cm³/mol. The smallest absolute Gasteiger partial charge is 0.246 e. The summed E-state index contributed by atoms with van der Waals surface area (Å²) in [5.74, 6) is -0.780. The lowest BCUT2D eigenvalue weighted by Gasteiger charge is -2.35. The van der Waals surface area contributed by atoms with Crippen LogP contribution in [0.25, 0.3) is 0 Å². The van der Waals surface area contributed by atoms with E-state index in [9.17, 15) is 17.6 Å². The third kappa shape index (κ3) is 4.83. The highest BCUT2D eigenvalue weighted by Crippen LogP contribution is 2.21. The zero-order valence-corrected chi connectivity index (χ0v) is 17.5. The number of benzene rings is 2. The van der Waals surface area contributed by atoms with E-state index in [0.29, 0.717) is 13.1 Å². The van der Waals surface area contributed by atoms with Gasteiger partial charge in [0.25, 0.3) is 0 Å². The van der Waals surface area contributed by atoms with Crippen molar-refractivity contribution in [2.24, 2.45) is 0 Å². The Balaban J connectivity index is 1.64. The molecule has 0 saturated carbocycles. The van der Waals surface area contributed by atoms with Gasteiger partial charge in [0.2, 0.25) is 15.9 Å². The molecule has 0 atom stereocenters. The van der Waals surface area contributed by atoms with Crippen LogP contribution in [0.2, 0.25) is 0 Å². The third-order valence-corrected chi connectivity index (χ3v) is 6.90. The van der Waals surface area contributed by atoms with Crippen LogP contribution >= 0.6 is 0 Å². The molecule has 1 amide bonds. The normalized spacial score (nSPS) is 16.1. The maximum atomic E-state index is 13.9. The van der Waals surface area contributed by atoms with Crippen LogP contribution in [0.4, 0.5) is 10.1 Å². The second-order valence-electron chi connectivity index (χ2n) is 7.30. The molecule has 1 fully saturated rings. The molecule has 0 spiro atoms. The van der Waals surface area contributed by atoms with Crippen LogP contribution in [0.1, 0.15) is 13.8 Å². The topological polar surface area (TPSA) is 60.9 Å². The SMILES string of the molecule is CC(C)N(C(=O)CN1CCN(S(=O)(=O)c2ccccc2F)CC1)c1ccccc1. The van der Waals surface area contributed by atoms with Gasteiger partial charge in [-0.05, 0) is 38.1 Å². The zero-order valence-electron chi connectivity index (χ0n) is 16.7. The quantitative estimate of drug-likeness (QED) is 0.722. The Labute approximate surface area is 171 Å². The van der Waals surface area contributed by atoms with E-state index in [2.05, 4.69) is 0 Å². The van der Waals surface area contributed by atoms with E-state index in [0.717, 1.165) is 11.8 Å². The number of sulfonamides is 1. The van der Waals surface area contributed by atoms with Crippen LogP contribution < -0.4 is 4.90 Å². The summed E-state index contributed by atoms with van der Waals surface area (Å²) < 4.78 is 40.7. The minimum absolute atomic E-state index is 0.00706. The van der Waals surface area contributed by atoms with Crippen molar-refractivity contribution >= 4 is 21.6 Å². The van der Waals surface area contributed by atoms with Crippen LogP contribution in [0.5, 0.6) is 0 Å². The molecule has 2 aromatic carbocycles. The first-order valence-corrected chi connectivity index (χ1v) is 11.1. The van der Waals surface area contributed by atoms with Gasteiger partial charge in [0.15, 0.2) is 0 Å². The molecule has 3 rings (SSSR count). The standard InChI is InChI=1S/C21H26FN3O3S/c1-17(2)25(18-8-4-3-5-9-18)21(26)16-23-12-14-24(15-13-23)29(27,28)20-11-7-6-10-19(20)22/h3-11,17H,12-16H2,1-2H3. The number of rotatable bonds is 6. The van der Waals surface area contributed by atoms with E-state index < -0.39 is 15.8 Å². The Hall–Kier alpha value is -2.29. The first-order valence-electron chi connectivity index (χ1n) is 9.65. The number of piperazine rings is 1. The van der Waals surface area contributed by atoms with Crippen molar-refractivity contribution in [1.29, 1.82) is 0 Å². The summed E-state index contributed by atoms with van der Waals surface area (Å²) in [4.78, 5) is 16.3. The molecule has 0 bridgehead atoms. The number of amides is 1. The molecule has 0 unspecified atom stereocenters. The molecule has 2 aromatic rings. The fourth-order valence-corrected chi connectivity index (χ4v) is 4.99. The number of carbonyl (C=O) groups excluding carboxylic acids is 1. The molecule has 0 aliphatic carbocycles. The number of carbonyl (C=O) groups is 1. The lowest BCUT2D eigenvalue weighted by Crippen LogP contribution is -2.52. The van der Waals surface area contributed by atoms with Gasteiger partial charge in [-0.2, -0.15) is 4.31 Å². The molecule has 1 aliphatic rings. The third-order valence-electron chi connectivity index (χ3n) is 4.96. The highest BCUT2D eigenvalue weighted by Gasteiger charge is 2.31. The molecular weight excluding hydrogens is 393 g/mol. The van der Waals surface area contributed by atoms with E-state index >= 15 is 0 Å². The van der Waals surface area contributed by atoms with E-state index in [1.165, 1.54) is 22.5 Å². The van der Waals surface area contributed by atoms with Crippen LogP contribution in [-0.2, 0) is 14.8 Å². The average Bonchev–Trinajstić information content (AvgIpc) is 2.69. The van der Waals surface area contributed by atoms with Gasteiger partial charge in [0.05, 0.1) is 6.54 Å². The molecular formula is C21H26FN3O3S. The molecule has 1 saturated heterocycles. The minimum Gasteiger partial charge on any atom is -0.309 e. The van der Waals surface area contributed by atoms with Gasteiger partial charge in [-0.15, -0.1) is 0 Å². The van der Waals surface area contributed by atoms with Gasteiger partial charge in [0, 0.05) is 37.9 Å². The van der Waals surface area contributed by atoms with E-state index in [1.54, 1.807) is 4.90 Å². The molecule has 6 nitrogen and oxygen atoms in total. The number of hydrogen-bond donors (Lipinski definition) is 0. The fourth-order valence-electron chi connectivity index (χ4n) is 3.51. The highest BCUT2D eigenvalue weighted by atomic mass is 32.2. The van der Waals surface area contributed by atoms with Crippen LogP contribution in [0, 0.1) is 5.82 Å². The second kappa shape index (κ2) is 9.02. The largest absolute Gasteiger partial charge is 0.309 e. The number of anilines is 1. The molecule has 1 heterocycles. The molecule has 0 N–H and O–H groups in total. The summed E-state index contributed by atoms with van der Waals surface area (Å²) >= 11 is 0. The Morgan fingerprint density at radius 2 is 1.59 bits per heavy atom. The van der Waals surface area contributed by atoms with Crippen LogP contribution in [0.15, 0.2) is 59.5 Å². The Morgan fingerprint density at radius 1 is 1.00 bits per heavy atom. The fraction of sp³-hybridized carbons (Fsp3) is 0.381. The zero-order chi connectivity index (χ0) is 21.0. The Kier molecular flexibility index (Phi) is 6.66. The van der Waals surface area contributed by atoms with E-state index in [1.807, 2.05) is 49.1 Å². The number of para-hydroxylation sites is 1. The first kappa shape index (κ1) is 21.4. The second-order valence-corrected chi connectivity index (χ2v) is 9.21. The summed E-state index contributed by atoms with van der Waals surface area (Å²) in [5.41, 5.74) is 0.841. The van der Waals surface area contributed by atoms with E-state index in [4.69, 9.17) is 0 Å². The van der Waals surface area contributed by atoms with Gasteiger partial charge >= 0.3 is 0 Å². The van der Waals surface area contributed by atoms with Crippen molar-refractivity contribution in [2.45, 2.75) is 24.8 Å². The lowest BCUT2D eigenvalue weighted by atomic mass is 10.2. The summed E-state index contributed by atoms with van der Waals surface area (Å²) in [6, 6.07) is 14.9. The summed E-state index contributed by atoms with van der Waals surface area (Å²) in [6.07, 6.45) is 0. The van der Waals surface area contributed by atoms with E-state index in [-0.39, 0.29) is 36.5 Å². The molecule has 8 heteroatoms. The molecule has 0 aromatic heterocycles. The average molecular weight is 420 g/mol. The van der Waals surface area contributed by atoms with Crippen molar-refractivity contribution in [3.63, 3.8) is 0 Å². The maximum Gasteiger partial charge on any atom is 0.246 e. The lowest BCUT2D eigenvalue weighted by molar-refractivity contribution is -0.120. The number of halogens is 1. The van der Waals surface area contributed by atoms with Gasteiger partial charge in [0.1, 0.15) is 10.7 Å². The monoisotopic (exact) mass is 419 g/mol.